The average Bonchev–Trinajstić information content (AvgIpc) is 2.50. The van der Waals surface area contributed by atoms with E-state index in [2.05, 4.69) is 5.32 Å². The monoisotopic (exact) mass is 334 g/mol. The summed E-state index contributed by atoms with van der Waals surface area (Å²) in [5.74, 6) is -2.12. The molecule has 0 radical (unpaired) electrons. The summed E-state index contributed by atoms with van der Waals surface area (Å²) in [4.78, 5) is 55.9. The first-order valence-electron chi connectivity index (χ1n) is 6.47. The summed E-state index contributed by atoms with van der Waals surface area (Å²) in [6, 6.07) is 2.84. The topological polar surface area (TPSA) is 153 Å². The zero-order valence-corrected chi connectivity index (χ0v) is 12.2. The van der Waals surface area contributed by atoms with Crippen molar-refractivity contribution in [1.82, 2.24) is 10.2 Å². The summed E-state index contributed by atoms with van der Waals surface area (Å²) in [5, 5.41) is 24.0. The molecule has 0 aliphatic carbocycles. The van der Waals surface area contributed by atoms with Crippen molar-refractivity contribution in [3.8, 4) is 0 Å². The molecular weight excluding hydrogens is 324 g/mol. The van der Waals surface area contributed by atoms with Crippen molar-refractivity contribution in [2.75, 3.05) is 6.54 Å². The Morgan fingerprint density at radius 1 is 1.25 bits per heavy atom. The summed E-state index contributed by atoms with van der Waals surface area (Å²) >= 11 is 0. The first-order valence-corrected chi connectivity index (χ1v) is 6.47. The van der Waals surface area contributed by atoms with E-state index in [0.29, 0.717) is 4.90 Å². The van der Waals surface area contributed by atoms with Crippen molar-refractivity contribution >= 4 is 35.2 Å². The van der Waals surface area contributed by atoms with Crippen LogP contribution >= 0.6 is 0 Å². The number of nitrogens with one attached hydrogen (secondary N) is 1. The van der Waals surface area contributed by atoms with Gasteiger partial charge in [0.05, 0.1) is 21.5 Å². The van der Waals surface area contributed by atoms with Crippen molar-refractivity contribution in [2.24, 2.45) is 0 Å². The Kier molecular flexibility index (Phi) is 4.35. The number of hydrogen-bond acceptors (Lipinski definition) is 7. The minimum Gasteiger partial charge on any atom is -0.320 e. The number of rotatable bonds is 3. The molecule has 0 aromatic heterocycles. The molecule has 11 nitrogen and oxygen atoms in total. The second kappa shape index (κ2) is 6.24. The number of amides is 3. The molecule has 0 unspecified atom stereocenters. The van der Waals surface area contributed by atoms with Crippen LogP contribution < -0.4 is 5.32 Å². The van der Waals surface area contributed by atoms with Crippen LogP contribution in [0.1, 0.15) is 12.5 Å². The number of hydrogen-bond donors (Lipinski definition) is 1. The molecule has 0 spiro atoms. The Bertz CT molecular complexity index is 815. The van der Waals surface area contributed by atoms with Crippen molar-refractivity contribution in [2.45, 2.75) is 6.92 Å². The fraction of sp³-hybridized carbons (Fsp3) is 0.154. The van der Waals surface area contributed by atoms with E-state index in [1.54, 1.807) is 0 Å². The SMILES string of the molecule is CC(=O)N1CC(=O)N/C(=C/c2ccc([N+](=O)[O-])cc2[N+](=O)[O-])C1=O. The zero-order valence-electron chi connectivity index (χ0n) is 12.2. The molecule has 1 aliphatic heterocycles. The summed E-state index contributed by atoms with van der Waals surface area (Å²) in [6.45, 7) is 0.649. The molecule has 11 heteroatoms. The van der Waals surface area contributed by atoms with E-state index < -0.39 is 45.5 Å². The van der Waals surface area contributed by atoms with Gasteiger partial charge < -0.3 is 5.32 Å². The third-order valence-electron chi connectivity index (χ3n) is 3.15. The normalized spacial score (nSPS) is 16.0. The second-order valence-electron chi connectivity index (χ2n) is 4.77. The second-order valence-corrected chi connectivity index (χ2v) is 4.77. The first-order chi connectivity index (χ1) is 11.2. The maximum atomic E-state index is 12.1. The highest BCUT2D eigenvalue weighted by atomic mass is 16.6. The molecule has 1 heterocycles. The van der Waals surface area contributed by atoms with Gasteiger partial charge in [0, 0.05) is 13.0 Å². The van der Waals surface area contributed by atoms with Crippen LogP contribution in [0, 0.1) is 20.2 Å². The van der Waals surface area contributed by atoms with Gasteiger partial charge >= 0.3 is 0 Å². The average molecular weight is 334 g/mol. The summed E-state index contributed by atoms with van der Waals surface area (Å²) < 4.78 is 0. The van der Waals surface area contributed by atoms with Crippen LogP contribution in [0.25, 0.3) is 6.08 Å². The van der Waals surface area contributed by atoms with E-state index in [1.165, 1.54) is 0 Å². The van der Waals surface area contributed by atoms with E-state index in [9.17, 15) is 34.6 Å². The zero-order chi connectivity index (χ0) is 18.0. The van der Waals surface area contributed by atoms with Crippen LogP contribution in [0.15, 0.2) is 23.9 Å². The predicted molar refractivity (Wildman–Crippen MR) is 78.3 cm³/mol. The molecule has 1 N–H and O–H groups in total. The van der Waals surface area contributed by atoms with Crippen molar-refractivity contribution in [3.05, 3.63) is 49.7 Å². The third kappa shape index (κ3) is 3.24. The van der Waals surface area contributed by atoms with E-state index in [-0.39, 0.29) is 11.3 Å². The Morgan fingerprint density at radius 3 is 2.46 bits per heavy atom. The van der Waals surface area contributed by atoms with Gasteiger partial charge in [0.2, 0.25) is 11.8 Å². The molecule has 24 heavy (non-hydrogen) atoms. The number of nitro groups is 2. The summed E-state index contributed by atoms with van der Waals surface area (Å²) in [6.07, 6.45) is 0.997. The molecule has 124 valence electrons. The van der Waals surface area contributed by atoms with Crippen molar-refractivity contribution in [3.63, 3.8) is 0 Å². The first kappa shape index (κ1) is 16.7. The number of non-ortho nitro benzene ring substituents is 1. The summed E-state index contributed by atoms with van der Waals surface area (Å²) in [7, 11) is 0. The number of imide groups is 1. The Labute approximate surface area is 133 Å². The minimum atomic E-state index is -0.850. The highest BCUT2D eigenvalue weighted by Crippen LogP contribution is 2.26. The number of nitro benzene ring substituents is 2. The molecule has 3 amide bonds. The number of carbonyl (C=O) groups excluding carboxylic acids is 3. The van der Waals surface area contributed by atoms with Gasteiger partial charge in [-0.05, 0) is 12.1 Å². The van der Waals surface area contributed by atoms with E-state index in [0.717, 1.165) is 31.2 Å². The lowest BCUT2D eigenvalue weighted by Crippen LogP contribution is -2.51. The van der Waals surface area contributed by atoms with Crippen molar-refractivity contribution < 1.29 is 24.2 Å². The van der Waals surface area contributed by atoms with Gasteiger partial charge in [-0.2, -0.15) is 0 Å². The maximum absolute atomic E-state index is 12.1. The lowest BCUT2D eigenvalue weighted by atomic mass is 10.1. The molecular formula is C13H10N4O7. The molecule has 2 rings (SSSR count). The van der Waals surface area contributed by atoms with Crippen LogP contribution in [-0.4, -0.2) is 39.0 Å². The Hall–Kier alpha value is -3.63. The van der Waals surface area contributed by atoms with E-state index in [1.807, 2.05) is 0 Å². The van der Waals surface area contributed by atoms with Gasteiger partial charge in [-0.1, -0.05) is 0 Å². The lowest BCUT2D eigenvalue weighted by molar-refractivity contribution is -0.394. The highest BCUT2D eigenvalue weighted by molar-refractivity contribution is 6.12. The Balaban J connectivity index is 2.51. The molecule has 1 saturated heterocycles. The molecule has 1 fully saturated rings. The predicted octanol–water partition coefficient (Wildman–Crippen LogP) is 0.349. The number of benzene rings is 1. The molecule has 1 aromatic rings. The highest BCUT2D eigenvalue weighted by Gasteiger charge is 2.31. The van der Waals surface area contributed by atoms with Gasteiger partial charge in [-0.15, -0.1) is 0 Å². The number of piperazine rings is 1. The number of carbonyl (C=O) groups is 3. The minimum absolute atomic E-state index is 0.125. The summed E-state index contributed by atoms with van der Waals surface area (Å²) in [5.41, 5.74) is -1.56. The lowest BCUT2D eigenvalue weighted by Gasteiger charge is -2.25. The molecule has 1 aromatic carbocycles. The van der Waals surface area contributed by atoms with Gasteiger partial charge in [-0.25, -0.2) is 0 Å². The number of nitrogens with zero attached hydrogens (tertiary/aromatic N) is 3. The van der Waals surface area contributed by atoms with E-state index >= 15 is 0 Å². The van der Waals surface area contributed by atoms with Crippen LogP contribution in [0.2, 0.25) is 0 Å². The molecule has 0 saturated carbocycles. The smallest absolute Gasteiger partial charge is 0.283 e. The van der Waals surface area contributed by atoms with Crippen LogP contribution in [0.3, 0.4) is 0 Å². The Morgan fingerprint density at radius 2 is 1.92 bits per heavy atom. The third-order valence-corrected chi connectivity index (χ3v) is 3.15. The van der Waals surface area contributed by atoms with Gasteiger partial charge in [0.25, 0.3) is 17.3 Å². The molecule has 0 bridgehead atoms. The van der Waals surface area contributed by atoms with Crippen LogP contribution in [0.5, 0.6) is 0 Å². The molecule has 1 aliphatic rings. The molecule has 0 atom stereocenters. The van der Waals surface area contributed by atoms with Gasteiger partial charge in [0.1, 0.15) is 12.2 Å². The fourth-order valence-electron chi connectivity index (χ4n) is 2.04. The fourth-order valence-corrected chi connectivity index (χ4v) is 2.04. The van der Waals surface area contributed by atoms with E-state index in [4.69, 9.17) is 0 Å². The van der Waals surface area contributed by atoms with Crippen molar-refractivity contribution in [1.29, 1.82) is 0 Å². The largest absolute Gasteiger partial charge is 0.320 e. The maximum Gasteiger partial charge on any atom is 0.283 e. The quantitative estimate of drug-likeness (QED) is 0.475. The van der Waals surface area contributed by atoms with Gasteiger partial charge in [-0.3, -0.25) is 39.5 Å². The van der Waals surface area contributed by atoms with Crippen LogP contribution in [0.4, 0.5) is 11.4 Å². The standard InChI is InChI=1S/C13H10N4O7/c1-7(18)15-6-12(19)14-10(13(15)20)4-8-2-3-9(16(21)22)5-11(8)17(23)24/h2-5H,6H2,1H3,(H,14,19)/b10-4+. The van der Waals surface area contributed by atoms with Crippen LogP contribution in [-0.2, 0) is 14.4 Å². The van der Waals surface area contributed by atoms with Gasteiger partial charge in [0.15, 0.2) is 0 Å².